The predicted octanol–water partition coefficient (Wildman–Crippen LogP) is 3.17. The average molecular weight is 386 g/mol. The minimum atomic E-state index is -0.187. The summed E-state index contributed by atoms with van der Waals surface area (Å²) in [4.78, 5) is 28.5. The summed E-state index contributed by atoms with van der Waals surface area (Å²) in [5.74, 6) is -0.370. The van der Waals surface area contributed by atoms with Crippen LogP contribution in [0.1, 0.15) is 45.8 Å². The molecule has 1 fully saturated rings. The van der Waals surface area contributed by atoms with Crippen molar-refractivity contribution in [2.24, 2.45) is 0 Å². The second kappa shape index (κ2) is 10.2. The van der Waals surface area contributed by atoms with Crippen molar-refractivity contribution in [1.29, 1.82) is 0 Å². The fourth-order valence-electron chi connectivity index (χ4n) is 3.21. The highest BCUT2D eigenvalue weighted by atomic mass is 32.1. The maximum Gasteiger partial charge on any atom is 0.261 e. The van der Waals surface area contributed by atoms with Crippen LogP contribution < -0.4 is 10.6 Å². The summed E-state index contributed by atoms with van der Waals surface area (Å²) in [7, 11) is 0. The van der Waals surface area contributed by atoms with Crippen molar-refractivity contribution in [2.75, 3.05) is 19.6 Å². The molecule has 0 radical (unpaired) electrons. The summed E-state index contributed by atoms with van der Waals surface area (Å²) in [5.41, 5.74) is 1.04. The molecule has 1 saturated heterocycles. The standard InChI is InChI=1S/C21H27N3O2S/c25-20(22-14-17-8-4-3-5-9-17)15-23-21(26)19-11-10-18(27-19)16-24-12-6-1-2-7-13-24/h3-5,8-11H,1-2,6-7,12-16H2,(H,22,25)(H,23,26). The van der Waals surface area contributed by atoms with Gasteiger partial charge in [0.25, 0.3) is 5.91 Å². The van der Waals surface area contributed by atoms with Crippen LogP contribution in [-0.4, -0.2) is 36.3 Å². The van der Waals surface area contributed by atoms with Crippen molar-refractivity contribution in [1.82, 2.24) is 15.5 Å². The van der Waals surface area contributed by atoms with Crippen molar-refractivity contribution in [3.05, 3.63) is 57.8 Å². The third-order valence-electron chi connectivity index (χ3n) is 4.71. The number of rotatable bonds is 7. The van der Waals surface area contributed by atoms with Crippen molar-refractivity contribution < 1.29 is 9.59 Å². The molecule has 6 heteroatoms. The van der Waals surface area contributed by atoms with Gasteiger partial charge in [-0.1, -0.05) is 43.2 Å². The number of thiophene rings is 1. The molecule has 0 aliphatic carbocycles. The Hall–Kier alpha value is -2.18. The van der Waals surface area contributed by atoms with Crippen LogP contribution in [0.2, 0.25) is 0 Å². The summed E-state index contributed by atoms with van der Waals surface area (Å²) in [6.07, 6.45) is 5.16. The van der Waals surface area contributed by atoms with Gasteiger partial charge in [-0.3, -0.25) is 14.5 Å². The maximum absolute atomic E-state index is 12.3. The monoisotopic (exact) mass is 385 g/mol. The summed E-state index contributed by atoms with van der Waals surface area (Å²) >= 11 is 1.52. The first-order valence-electron chi connectivity index (χ1n) is 9.60. The number of likely N-dealkylation sites (tertiary alicyclic amines) is 1. The molecule has 2 heterocycles. The lowest BCUT2D eigenvalue weighted by Crippen LogP contribution is -2.36. The molecule has 1 aromatic carbocycles. The zero-order chi connectivity index (χ0) is 18.9. The molecular formula is C21H27N3O2S. The number of hydrogen-bond donors (Lipinski definition) is 2. The van der Waals surface area contributed by atoms with Crippen molar-refractivity contribution >= 4 is 23.2 Å². The number of hydrogen-bond acceptors (Lipinski definition) is 4. The van der Waals surface area contributed by atoms with E-state index in [-0.39, 0.29) is 18.4 Å². The van der Waals surface area contributed by atoms with Gasteiger partial charge in [0.1, 0.15) is 0 Å². The van der Waals surface area contributed by atoms with Gasteiger partial charge in [0.05, 0.1) is 11.4 Å². The molecule has 144 valence electrons. The van der Waals surface area contributed by atoms with E-state index in [0.29, 0.717) is 11.4 Å². The van der Waals surface area contributed by atoms with E-state index >= 15 is 0 Å². The highest BCUT2D eigenvalue weighted by molar-refractivity contribution is 7.14. The van der Waals surface area contributed by atoms with Gasteiger partial charge < -0.3 is 10.6 Å². The smallest absolute Gasteiger partial charge is 0.261 e. The second-order valence-corrected chi connectivity index (χ2v) is 8.07. The third-order valence-corrected chi connectivity index (χ3v) is 5.77. The number of carbonyl (C=O) groups is 2. The molecule has 0 spiro atoms. The average Bonchev–Trinajstić information content (AvgIpc) is 3.01. The van der Waals surface area contributed by atoms with Crippen LogP contribution in [-0.2, 0) is 17.9 Å². The Morgan fingerprint density at radius 3 is 2.41 bits per heavy atom. The summed E-state index contributed by atoms with van der Waals surface area (Å²) in [5, 5.41) is 5.52. The van der Waals surface area contributed by atoms with E-state index in [1.165, 1.54) is 41.9 Å². The summed E-state index contributed by atoms with van der Waals surface area (Å²) in [6.45, 7) is 3.65. The maximum atomic E-state index is 12.3. The van der Waals surface area contributed by atoms with Gasteiger partial charge in [-0.2, -0.15) is 0 Å². The molecule has 1 aliphatic heterocycles. The largest absolute Gasteiger partial charge is 0.350 e. The molecule has 27 heavy (non-hydrogen) atoms. The summed E-state index contributed by atoms with van der Waals surface area (Å²) in [6, 6.07) is 13.6. The number of amides is 2. The first kappa shape index (κ1) is 19.6. The highest BCUT2D eigenvalue weighted by Crippen LogP contribution is 2.20. The van der Waals surface area contributed by atoms with Crippen LogP contribution >= 0.6 is 11.3 Å². The minimum absolute atomic E-state index is 0.00890. The predicted molar refractivity (Wildman–Crippen MR) is 109 cm³/mol. The third kappa shape index (κ3) is 6.48. The number of carbonyl (C=O) groups excluding carboxylic acids is 2. The molecule has 1 aromatic heterocycles. The number of benzene rings is 1. The zero-order valence-corrected chi connectivity index (χ0v) is 16.4. The fraction of sp³-hybridized carbons (Fsp3) is 0.429. The molecule has 2 N–H and O–H groups in total. The molecule has 0 bridgehead atoms. The van der Waals surface area contributed by atoms with Gasteiger partial charge in [-0.15, -0.1) is 11.3 Å². The van der Waals surface area contributed by atoms with Gasteiger partial charge >= 0.3 is 0 Å². The molecule has 3 rings (SSSR count). The number of nitrogens with one attached hydrogen (secondary N) is 2. The van der Waals surface area contributed by atoms with Crippen molar-refractivity contribution in [3.63, 3.8) is 0 Å². The van der Waals surface area contributed by atoms with Gasteiger partial charge in [0.2, 0.25) is 5.91 Å². The second-order valence-electron chi connectivity index (χ2n) is 6.90. The van der Waals surface area contributed by atoms with Gasteiger partial charge in [0.15, 0.2) is 0 Å². The van der Waals surface area contributed by atoms with E-state index in [4.69, 9.17) is 0 Å². The Labute approximate surface area is 164 Å². The van der Waals surface area contributed by atoms with Gasteiger partial charge in [-0.25, -0.2) is 0 Å². The molecule has 2 amide bonds. The Bertz CT molecular complexity index is 737. The Morgan fingerprint density at radius 1 is 0.926 bits per heavy atom. The molecule has 0 atom stereocenters. The van der Waals surface area contributed by atoms with Crippen LogP contribution in [0, 0.1) is 0 Å². The van der Waals surface area contributed by atoms with E-state index in [1.54, 1.807) is 0 Å². The normalized spacial score (nSPS) is 15.1. The van der Waals surface area contributed by atoms with Crippen LogP contribution in [0.5, 0.6) is 0 Å². The van der Waals surface area contributed by atoms with Crippen molar-refractivity contribution in [2.45, 2.75) is 38.8 Å². The molecule has 0 saturated carbocycles. The molecule has 5 nitrogen and oxygen atoms in total. The Balaban J connectivity index is 1.41. The van der Waals surface area contributed by atoms with E-state index in [0.717, 1.165) is 25.2 Å². The SMILES string of the molecule is O=C(CNC(=O)c1ccc(CN2CCCCCC2)s1)NCc1ccccc1. The Kier molecular flexibility index (Phi) is 7.42. The van der Waals surface area contributed by atoms with Crippen molar-refractivity contribution in [3.8, 4) is 0 Å². The fourth-order valence-corrected chi connectivity index (χ4v) is 4.17. The molecule has 2 aromatic rings. The van der Waals surface area contributed by atoms with Crippen LogP contribution in [0.15, 0.2) is 42.5 Å². The first-order chi connectivity index (χ1) is 13.2. The Morgan fingerprint density at radius 2 is 1.67 bits per heavy atom. The zero-order valence-electron chi connectivity index (χ0n) is 15.6. The van der Waals surface area contributed by atoms with E-state index in [1.807, 2.05) is 42.5 Å². The molecule has 1 aliphatic rings. The van der Waals surface area contributed by atoms with Gasteiger partial charge in [0, 0.05) is 18.0 Å². The highest BCUT2D eigenvalue weighted by Gasteiger charge is 2.14. The van der Waals surface area contributed by atoms with Gasteiger partial charge in [-0.05, 0) is 43.6 Å². The summed E-state index contributed by atoms with van der Waals surface area (Å²) < 4.78 is 0. The van der Waals surface area contributed by atoms with E-state index < -0.39 is 0 Å². The topological polar surface area (TPSA) is 61.4 Å². The lowest BCUT2D eigenvalue weighted by molar-refractivity contribution is -0.120. The first-order valence-corrected chi connectivity index (χ1v) is 10.4. The van der Waals surface area contributed by atoms with E-state index in [2.05, 4.69) is 15.5 Å². The molecule has 0 unspecified atom stereocenters. The number of nitrogens with zero attached hydrogens (tertiary/aromatic N) is 1. The van der Waals surface area contributed by atoms with E-state index in [9.17, 15) is 9.59 Å². The quantitative estimate of drug-likeness (QED) is 0.770. The minimum Gasteiger partial charge on any atom is -0.350 e. The van der Waals surface area contributed by atoms with Crippen LogP contribution in [0.3, 0.4) is 0 Å². The van der Waals surface area contributed by atoms with Crippen LogP contribution in [0.25, 0.3) is 0 Å². The lowest BCUT2D eigenvalue weighted by atomic mass is 10.2. The van der Waals surface area contributed by atoms with Crippen LogP contribution in [0.4, 0.5) is 0 Å². The lowest BCUT2D eigenvalue weighted by Gasteiger charge is -2.18. The molecular weight excluding hydrogens is 358 g/mol.